The minimum atomic E-state index is -4.70. The molecule has 0 spiro atoms. The Bertz CT molecular complexity index is 1940. The van der Waals surface area contributed by atoms with Crippen LogP contribution in [0.15, 0.2) is 76.6 Å². The number of fused-ring (bicyclic) bond motifs is 2. The number of hydrogen-bond donors (Lipinski definition) is 1. The molecule has 1 fully saturated rings. The number of alkyl halides is 3. The van der Waals surface area contributed by atoms with E-state index in [1.165, 1.54) is 32.0 Å². The van der Waals surface area contributed by atoms with Crippen LogP contribution in [0.4, 0.5) is 24.5 Å². The van der Waals surface area contributed by atoms with Crippen molar-refractivity contribution in [3.05, 3.63) is 92.4 Å². The summed E-state index contributed by atoms with van der Waals surface area (Å²) in [7, 11) is 4.40. The second kappa shape index (κ2) is 12.4. The average molecular weight is 686 g/mol. The van der Waals surface area contributed by atoms with Crippen molar-refractivity contribution in [3.63, 3.8) is 0 Å². The molecule has 0 unspecified atom stereocenters. The Labute approximate surface area is 274 Å². The Morgan fingerprint density at radius 1 is 0.894 bits per heavy atom. The summed E-state index contributed by atoms with van der Waals surface area (Å²) in [5.41, 5.74) is -0.236. The number of halogens is 3. The number of anilines is 2. The number of methoxy groups -OCH3 is 3. The molecule has 0 bridgehead atoms. The van der Waals surface area contributed by atoms with Crippen LogP contribution in [-0.4, -0.2) is 48.9 Å². The van der Waals surface area contributed by atoms with E-state index in [4.69, 9.17) is 14.2 Å². The van der Waals surface area contributed by atoms with Gasteiger partial charge in [-0.25, -0.2) is 4.90 Å². The monoisotopic (exact) mass is 685 g/mol. The number of nitrogens with zero attached hydrogens (tertiary/aromatic N) is 2. The number of carbonyl (C=O) groups is 3. The quantitative estimate of drug-likeness (QED) is 0.246. The number of amides is 3. The van der Waals surface area contributed by atoms with Gasteiger partial charge in [0.2, 0.25) is 17.7 Å². The molecular weight excluding hydrogens is 659 g/mol. The lowest BCUT2D eigenvalue weighted by molar-refractivity contribution is -0.137. The molecule has 1 N–H and O–H groups in total. The van der Waals surface area contributed by atoms with Crippen molar-refractivity contribution in [2.24, 2.45) is 5.92 Å². The Kier molecular flexibility index (Phi) is 8.53. The Morgan fingerprint density at radius 2 is 1.62 bits per heavy atom. The molecule has 3 atom stereocenters. The van der Waals surface area contributed by atoms with E-state index in [0.717, 1.165) is 46.2 Å². The standard InChI is InChI=1S/C32H26F3N3O7S2/c1-43-20-10-8-18(9-11-20)36-23(39)15-37-30-27(47-31(37)42)24(16-7-12-21(44-2)22(13-16)45-3)25-26(46-30)29(41)38(28(25)40)19-6-4-5-17(14-19)32(33,34)35/h4-14,24-26H,15H2,1-3H3,(H,36,39)/t24-,25-,26+/m0/s1. The molecule has 6 rings (SSSR count). The number of aromatic nitrogens is 1. The normalized spacial score (nSPS) is 18.9. The number of benzene rings is 3. The molecule has 47 heavy (non-hydrogen) atoms. The predicted octanol–water partition coefficient (Wildman–Crippen LogP) is 5.39. The first kappa shape index (κ1) is 32.2. The zero-order chi connectivity index (χ0) is 33.6. The molecule has 4 aromatic rings. The van der Waals surface area contributed by atoms with Crippen molar-refractivity contribution in [3.8, 4) is 17.2 Å². The van der Waals surface area contributed by atoms with Gasteiger partial charge in [0.1, 0.15) is 17.5 Å². The topological polar surface area (TPSA) is 116 Å². The third-order valence-corrected chi connectivity index (χ3v) is 10.5. The van der Waals surface area contributed by atoms with Crippen molar-refractivity contribution >= 4 is 52.2 Å². The van der Waals surface area contributed by atoms with E-state index in [-0.39, 0.29) is 12.2 Å². The van der Waals surface area contributed by atoms with Crippen LogP contribution in [0.5, 0.6) is 17.2 Å². The lowest BCUT2D eigenvalue weighted by atomic mass is 9.83. The highest BCUT2D eigenvalue weighted by Gasteiger charge is 2.57. The SMILES string of the molecule is COc1ccc(NC(=O)Cn2c3c(sc2=O)[C@@H](c2ccc(OC)c(OC)c2)[C@@H]2C(=O)N(c4cccc(C(F)(F)F)c4)C(=O)[C@@H]2S3)cc1. The van der Waals surface area contributed by atoms with Crippen LogP contribution >= 0.6 is 23.1 Å². The van der Waals surface area contributed by atoms with Gasteiger partial charge in [0.15, 0.2) is 11.5 Å². The smallest absolute Gasteiger partial charge is 0.416 e. The third-order valence-electron chi connectivity index (χ3n) is 7.92. The van der Waals surface area contributed by atoms with Crippen molar-refractivity contribution in [2.45, 2.75) is 28.9 Å². The summed E-state index contributed by atoms with van der Waals surface area (Å²) < 4.78 is 57.9. The molecule has 15 heteroatoms. The fraction of sp³-hybridized carbons (Fsp3) is 0.250. The summed E-state index contributed by atoms with van der Waals surface area (Å²) >= 11 is 1.79. The van der Waals surface area contributed by atoms with Gasteiger partial charge in [0.05, 0.1) is 43.5 Å². The van der Waals surface area contributed by atoms with Gasteiger partial charge in [-0.15, -0.1) is 0 Å². The van der Waals surface area contributed by atoms with Crippen LogP contribution in [0.25, 0.3) is 0 Å². The van der Waals surface area contributed by atoms with Crippen LogP contribution in [0.2, 0.25) is 0 Å². The maximum Gasteiger partial charge on any atom is 0.416 e. The molecule has 3 heterocycles. The van der Waals surface area contributed by atoms with E-state index in [1.807, 2.05) is 0 Å². The summed E-state index contributed by atoms with van der Waals surface area (Å²) in [6, 6.07) is 15.6. The fourth-order valence-electron chi connectivity index (χ4n) is 5.76. The first-order chi connectivity index (χ1) is 22.4. The summed E-state index contributed by atoms with van der Waals surface area (Å²) in [6.45, 7) is -0.390. The van der Waals surface area contributed by atoms with Crippen molar-refractivity contribution < 1.29 is 41.8 Å². The molecule has 3 aromatic carbocycles. The minimum Gasteiger partial charge on any atom is -0.497 e. The summed E-state index contributed by atoms with van der Waals surface area (Å²) in [5, 5.41) is 1.95. The summed E-state index contributed by atoms with van der Waals surface area (Å²) in [6.07, 6.45) is -4.70. The average Bonchev–Trinajstić information content (AvgIpc) is 3.50. The highest BCUT2D eigenvalue weighted by Crippen LogP contribution is 2.54. The van der Waals surface area contributed by atoms with Gasteiger partial charge >= 0.3 is 11.0 Å². The lowest BCUT2D eigenvalue weighted by Gasteiger charge is -2.31. The molecule has 0 radical (unpaired) electrons. The molecule has 2 aliphatic rings. The molecule has 244 valence electrons. The minimum absolute atomic E-state index is 0.212. The van der Waals surface area contributed by atoms with Gasteiger partial charge in [0, 0.05) is 16.5 Å². The summed E-state index contributed by atoms with van der Waals surface area (Å²) in [4.78, 5) is 55.3. The summed E-state index contributed by atoms with van der Waals surface area (Å²) in [5.74, 6) is -2.57. The molecular formula is C32H26F3N3O7S2. The maximum atomic E-state index is 14.1. The van der Waals surface area contributed by atoms with Gasteiger partial charge in [-0.3, -0.25) is 23.7 Å². The van der Waals surface area contributed by atoms with E-state index >= 15 is 0 Å². The zero-order valence-corrected chi connectivity index (χ0v) is 26.6. The number of hydrogen-bond acceptors (Lipinski definition) is 9. The third kappa shape index (κ3) is 5.84. The lowest BCUT2D eigenvalue weighted by Crippen LogP contribution is -2.33. The second-order valence-corrected chi connectivity index (χ2v) is 12.7. The predicted molar refractivity (Wildman–Crippen MR) is 169 cm³/mol. The fourth-order valence-corrected chi connectivity index (χ4v) is 8.53. The molecule has 2 aliphatic heterocycles. The molecule has 10 nitrogen and oxygen atoms in total. The van der Waals surface area contributed by atoms with E-state index in [2.05, 4.69) is 5.32 Å². The van der Waals surface area contributed by atoms with Gasteiger partial charge < -0.3 is 19.5 Å². The Hall–Kier alpha value is -4.76. The number of imide groups is 1. The van der Waals surface area contributed by atoms with E-state index in [1.54, 1.807) is 42.5 Å². The van der Waals surface area contributed by atoms with E-state index < -0.39 is 51.4 Å². The Morgan fingerprint density at radius 3 is 2.28 bits per heavy atom. The Balaban J connectivity index is 1.42. The van der Waals surface area contributed by atoms with Crippen LogP contribution in [0.1, 0.15) is 21.9 Å². The molecule has 1 aromatic heterocycles. The number of thiazole rings is 1. The molecule has 0 saturated carbocycles. The van der Waals surface area contributed by atoms with Crippen LogP contribution in [0.3, 0.4) is 0 Å². The van der Waals surface area contributed by atoms with Gasteiger partial charge in [0.25, 0.3) is 0 Å². The zero-order valence-electron chi connectivity index (χ0n) is 25.0. The molecule has 0 aliphatic carbocycles. The van der Waals surface area contributed by atoms with Gasteiger partial charge in [-0.2, -0.15) is 13.2 Å². The van der Waals surface area contributed by atoms with Crippen molar-refractivity contribution in [1.82, 2.24) is 4.57 Å². The number of nitrogens with one attached hydrogen (secondary N) is 1. The highest BCUT2D eigenvalue weighted by atomic mass is 32.2. The molecule has 3 amide bonds. The first-order valence-corrected chi connectivity index (χ1v) is 15.8. The van der Waals surface area contributed by atoms with Crippen molar-refractivity contribution in [1.29, 1.82) is 0 Å². The number of thioether (sulfide) groups is 1. The van der Waals surface area contributed by atoms with Crippen LogP contribution in [-0.2, 0) is 27.1 Å². The van der Waals surface area contributed by atoms with E-state index in [0.29, 0.717) is 38.4 Å². The van der Waals surface area contributed by atoms with Crippen molar-refractivity contribution in [2.75, 3.05) is 31.5 Å². The van der Waals surface area contributed by atoms with Crippen LogP contribution < -0.4 is 29.3 Å². The number of carbonyl (C=O) groups excluding carboxylic acids is 3. The maximum absolute atomic E-state index is 14.1. The first-order valence-electron chi connectivity index (χ1n) is 14.1. The van der Waals surface area contributed by atoms with Crippen LogP contribution in [0, 0.1) is 5.92 Å². The van der Waals surface area contributed by atoms with Gasteiger partial charge in [-0.05, 0) is 60.2 Å². The van der Waals surface area contributed by atoms with E-state index in [9.17, 15) is 32.3 Å². The molecule has 1 saturated heterocycles. The number of ether oxygens (including phenoxy) is 3. The largest absolute Gasteiger partial charge is 0.497 e. The van der Waals surface area contributed by atoms with Gasteiger partial charge in [-0.1, -0.05) is 35.2 Å². The second-order valence-electron chi connectivity index (χ2n) is 10.6. The highest BCUT2D eigenvalue weighted by molar-refractivity contribution is 8.00. The number of rotatable bonds is 8.